The first-order chi connectivity index (χ1) is 28.0. The molecule has 10 nitrogen and oxygen atoms in total. The van der Waals surface area contributed by atoms with Gasteiger partial charge in [-0.15, -0.1) is 0 Å². The molecule has 294 valence electrons. The maximum Gasteiger partial charge on any atom is 0.265 e. The highest BCUT2D eigenvalue weighted by molar-refractivity contribution is 9.10. The van der Waals surface area contributed by atoms with Gasteiger partial charge in [0.05, 0.1) is 24.5 Å². The van der Waals surface area contributed by atoms with Crippen LogP contribution in [0.25, 0.3) is 11.1 Å². The monoisotopic (exact) mass is 903 g/mol. The number of carbonyl (C=O) groups is 3. The summed E-state index contributed by atoms with van der Waals surface area (Å²) in [6.45, 7) is 3.21. The lowest BCUT2D eigenvalue weighted by molar-refractivity contribution is -0.122. The summed E-state index contributed by atoms with van der Waals surface area (Å²) in [6.07, 6.45) is 2.31. The van der Waals surface area contributed by atoms with Gasteiger partial charge in [0, 0.05) is 39.7 Å². The fourth-order valence-electron chi connectivity index (χ4n) is 6.71. The molecule has 6 aromatic rings. The first-order valence-electron chi connectivity index (χ1n) is 18.5. The number of amides is 2. The summed E-state index contributed by atoms with van der Waals surface area (Å²) in [5.74, 6) is 2.31. The van der Waals surface area contributed by atoms with E-state index in [9.17, 15) is 19.2 Å². The van der Waals surface area contributed by atoms with E-state index in [1.807, 2.05) is 128 Å². The SMILES string of the molecule is Cc1cc(-c2ccc3c(c2)OCC(=O)N3Cc2ccccc2)cn(C)c1=O.O=C1COc2cc(Br)ccc2C1.O=C1COc2cc(Br)ccc2N1Cc1ccccc1. The topological polar surface area (TPSA) is 107 Å². The minimum Gasteiger partial charge on any atom is -0.485 e. The zero-order chi connectivity index (χ0) is 40.8. The molecule has 3 aliphatic heterocycles. The van der Waals surface area contributed by atoms with Crippen molar-refractivity contribution in [2.24, 2.45) is 7.05 Å². The molecule has 0 N–H and O–H groups in total. The molecule has 0 fully saturated rings. The summed E-state index contributed by atoms with van der Waals surface area (Å²) in [5, 5.41) is 0. The zero-order valence-electron chi connectivity index (χ0n) is 31.8. The second-order valence-corrected chi connectivity index (χ2v) is 15.7. The van der Waals surface area contributed by atoms with Crippen LogP contribution >= 0.6 is 31.9 Å². The van der Waals surface area contributed by atoms with Gasteiger partial charge in [-0.1, -0.05) is 105 Å². The van der Waals surface area contributed by atoms with Crippen LogP contribution in [0.4, 0.5) is 11.4 Å². The van der Waals surface area contributed by atoms with Gasteiger partial charge in [-0.25, -0.2) is 0 Å². The molecule has 1 aromatic heterocycles. The van der Waals surface area contributed by atoms with Crippen molar-refractivity contribution in [1.82, 2.24) is 4.57 Å². The lowest BCUT2D eigenvalue weighted by atomic mass is 10.0. The number of carbonyl (C=O) groups excluding carboxylic acids is 3. The van der Waals surface area contributed by atoms with E-state index >= 15 is 0 Å². The number of Topliss-reactive ketones (excluding diaryl/α,β-unsaturated/α-hetero) is 1. The van der Waals surface area contributed by atoms with E-state index in [2.05, 4.69) is 31.9 Å². The third-order valence-corrected chi connectivity index (χ3v) is 10.6. The van der Waals surface area contributed by atoms with E-state index in [1.54, 1.807) is 28.3 Å². The number of ether oxygens (including phenoxy) is 3. The number of fused-ring (bicyclic) bond motifs is 3. The molecule has 0 aliphatic carbocycles. The van der Waals surface area contributed by atoms with E-state index in [0.717, 1.165) is 59.6 Å². The van der Waals surface area contributed by atoms with Gasteiger partial charge in [0.2, 0.25) is 0 Å². The zero-order valence-corrected chi connectivity index (χ0v) is 35.0. The van der Waals surface area contributed by atoms with Gasteiger partial charge >= 0.3 is 0 Å². The van der Waals surface area contributed by atoms with Crippen molar-refractivity contribution < 1.29 is 28.6 Å². The Morgan fingerprint density at radius 2 is 1.09 bits per heavy atom. The number of benzene rings is 5. The summed E-state index contributed by atoms with van der Waals surface area (Å²) in [7, 11) is 1.74. The van der Waals surface area contributed by atoms with Crippen molar-refractivity contribution in [3.8, 4) is 28.4 Å². The van der Waals surface area contributed by atoms with Gasteiger partial charge in [0.25, 0.3) is 17.4 Å². The van der Waals surface area contributed by atoms with Crippen LogP contribution in [0.5, 0.6) is 17.2 Å². The number of ketones is 1. The van der Waals surface area contributed by atoms with Crippen LogP contribution in [0, 0.1) is 6.92 Å². The van der Waals surface area contributed by atoms with Crippen LogP contribution in [0.15, 0.2) is 141 Å². The van der Waals surface area contributed by atoms with Crippen molar-refractivity contribution in [2.45, 2.75) is 26.4 Å². The van der Waals surface area contributed by atoms with Crippen LogP contribution < -0.4 is 29.6 Å². The molecule has 0 unspecified atom stereocenters. The first-order valence-corrected chi connectivity index (χ1v) is 20.1. The van der Waals surface area contributed by atoms with Crippen molar-refractivity contribution in [3.05, 3.63) is 169 Å². The minimum atomic E-state index is -0.0583. The molecule has 4 heterocycles. The lowest BCUT2D eigenvalue weighted by Gasteiger charge is -2.30. The summed E-state index contributed by atoms with van der Waals surface area (Å²) in [6, 6.07) is 38.9. The van der Waals surface area contributed by atoms with Crippen molar-refractivity contribution in [2.75, 3.05) is 29.6 Å². The standard InChI is InChI=1S/C22H20N2O3.C15H12BrNO2.C9H7BrO2/c1-15-10-18(13-23(2)22(15)26)17-8-9-19-20(11-17)27-14-21(25)24(19)12-16-6-4-3-5-7-16;16-12-6-7-13-14(8-12)19-10-15(18)17(13)9-11-4-2-1-3-5-11;10-7-2-1-6-3-8(11)5-12-9(6)4-7/h3-11,13H,12,14H2,1-2H3;1-8H,9-10H2;1-2,4H,3,5H2. The third kappa shape index (κ3) is 9.58. The molecule has 0 saturated heterocycles. The number of hydrogen-bond acceptors (Lipinski definition) is 7. The summed E-state index contributed by atoms with van der Waals surface area (Å²) in [5.41, 5.74) is 7.30. The van der Waals surface area contributed by atoms with E-state index in [1.165, 1.54) is 0 Å². The summed E-state index contributed by atoms with van der Waals surface area (Å²) in [4.78, 5) is 50.9. The average molecular weight is 906 g/mol. The highest BCUT2D eigenvalue weighted by Gasteiger charge is 2.27. The van der Waals surface area contributed by atoms with E-state index < -0.39 is 0 Å². The van der Waals surface area contributed by atoms with Gasteiger partial charge in [0.1, 0.15) is 23.9 Å². The predicted molar refractivity (Wildman–Crippen MR) is 231 cm³/mol. The summed E-state index contributed by atoms with van der Waals surface area (Å²) >= 11 is 6.75. The molecule has 2 amide bonds. The van der Waals surface area contributed by atoms with E-state index in [-0.39, 0.29) is 43.0 Å². The fraction of sp³-hybridized carbons (Fsp3) is 0.174. The molecule has 9 rings (SSSR count). The van der Waals surface area contributed by atoms with Crippen LogP contribution in [0.1, 0.15) is 22.3 Å². The van der Waals surface area contributed by atoms with E-state index in [0.29, 0.717) is 30.8 Å². The van der Waals surface area contributed by atoms with Gasteiger partial charge in [0.15, 0.2) is 19.0 Å². The Balaban J connectivity index is 0.000000143. The predicted octanol–water partition coefficient (Wildman–Crippen LogP) is 8.61. The number of aryl methyl sites for hydroxylation is 2. The molecule has 58 heavy (non-hydrogen) atoms. The molecule has 0 spiro atoms. The third-order valence-electron chi connectivity index (χ3n) is 9.64. The minimum absolute atomic E-state index is 0.00686. The Kier molecular flexibility index (Phi) is 12.5. The van der Waals surface area contributed by atoms with Gasteiger partial charge < -0.3 is 28.6 Å². The van der Waals surface area contributed by atoms with E-state index in [4.69, 9.17) is 14.2 Å². The quantitative estimate of drug-likeness (QED) is 0.171. The van der Waals surface area contributed by atoms with Crippen LogP contribution in [-0.4, -0.2) is 42.0 Å². The Morgan fingerprint density at radius 3 is 1.67 bits per heavy atom. The molecule has 12 heteroatoms. The number of rotatable bonds is 5. The van der Waals surface area contributed by atoms with Crippen molar-refractivity contribution >= 4 is 60.8 Å². The second-order valence-electron chi connectivity index (χ2n) is 13.9. The normalized spacial score (nSPS) is 13.9. The molecule has 0 saturated carbocycles. The molecule has 3 aliphatic rings. The number of anilines is 2. The Morgan fingerprint density at radius 1 is 0.569 bits per heavy atom. The Bertz CT molecular complexity index is 2520. The lowest BCUT2D eigenvalue weighted by Crippen LogP contribution is -2.38. The second kappa shape index (κ2) is 18.1. The van der Waals surface area contributed by atoms with Crippen molar-refractivity contribution in [1.29, 1.82) is 0 Å². The van der Waals surface area contributed by atoms with Gasteiger partial charge in [-0.2, -0.15) is 0 Å². The summed E-state index contributed by atoms with van der Waals surface area (Å²) < 4.78 is 19.9. The Hall–Kier alpha value is -5.98. The van der Waals surface area contributed by atoms with Gasteiger partial charge in [-0.05, 0) is 77.7 Å². The number of halogens is 2. The number of aromatic nitrogens is 1. The highest BCUT2D eigenvalue weighted by Crippen LogP contribution is 2.37. The van der Waals surface area contributed by atoms with Crippen LogP contribution in [0.3, 0.4) is 0 Å². The highest BCUT2D eigenvalue weighted by atomic mass is 79.9. The molecular formula is C46H39Br2N3O7. The van der Waals surface area contributed by atoms with Crippen LogP contribution in [-0.2, 0) is 40.9 Å². The Labute approximate surface area is 352 Å². The number of hydrogen-bond donors (Lipinski definition) is 0. The van der Waals surface area contributed by atoms with Crippen molar-refractivity contribution in [3.63, 3.8) is 0 Å². The molecule has 5 aromatic carbocycles. The fourth-order valence-corrected chi connectivity index (χ4v) is 7.39. The molecular weight excluding hydrogens is 866 g/mol. The number of nitrogens with zero attached hydrogens (tertiary/aromatic N) is 3. The first kappa shape index (κ1) is 40.2. The molecule has 0 atom stereocenters. The molecule has 0 radical (unpaired) electrons. The molecule has 0 bridgehead atoms. The smallest absolute Gasteiger partial charge is 0.265 e. The van der Waals surface area contributed by atoms with Crippen LogP contribution in [0.2, 0.25) is 0 Å². The largest absolute Gasteiger partial charge is 0.485 e. The maximum atomic E-state index is 12.4. The average Bonchev–Trinajstić information content (AvgIpc) is 3.23. The maximum absolute atomic E-state index is 12.4. The number of pyridine rings is 1. The van der Waals surface area contributed by atoms with Gasteiger partial charge in [-0.3, -0.25) is 19.2 Å².